The van der Waals surface area contributed by atoms with E-state index in [4.69, 9.17) is 4.74 Å². The molecular formula is C21H27N5O2. The van der Waals surface area contributed by atoms with Crippen LogP contribution in [0.4, 0.5) is 5.82 Å². The topological polar surface area (TPSA) is 71.5 Å². The molecule has 0 N–H and O–H groups in total. The van der Waals surface area contributed by atoms with Crippen LogP contribution in [0.5, 0.6) is 0 Å². The minimum Gasteiger partial charge on any atom is -0.371 e. The summed E-state index contributed by atoms with van der Waals surface area (Å²) >= 11 is 0. The number of carbonyl (C=O) groups is 1. The number of anilines is 1. The van der Waals surface area contributed by atoms with Gasteiger partial charge in [-0.15, -0.1) is 5.10 Å². The van der Waals surface area contributed by atoms with Crippen molar-refractivity contribution in [3.63, 3.8) is 0 Å². The Morgan fingerprint density at radius 1 is 1.18 bits per heavy atom. The van der Waals surface area contributed by atoms with E-state index in [2.05, 4.69) is 20.1 Å². The smallest absolute Gasteiger partial charge is 0.222 e. The number of ether oxygens (including phenoxy) is 1. The minimum atomic E-state index is -0.190. The van der Waals surface area contributed by atoms with E-state index in [9.17, 15) is 4.79 Å². The second kappa shape index (κ2) is 8.22. The van der Waals surface area contributed by atoms with Crippen molar-refractivity contribution in [1.29, 1.82) is 0 Å². The van der Waals surface area contributed by atoms with Crippen molar-refractivity contribution >= 4 is 11.7 Å². The Kier molecular flexibility index (Phi) is 5.52. The van der Waals surface area contributed by atoms with Gasteiger partial charge in [0.15, 0.2) is 5.82 Å². The number of aromatic nitrogens is 3. The fraction of sp³-hybridized carbons (Fsp3) is 0.524. The van der Waals surface area contributed by atoms with Gasteiger partial charge in [-0.2, -0.15) is 5.10 Å². The quantitative estimate of drug-likeness (QED) is 0.807. The Bertz CT molecular complexity index is 788. The van der Waals surface area contributed by atoms with Crippen LogP contribution in [0.1, 0.15) is 30.5 Å². The Morgan fingerprint density at radius 2 is 2.04 bits per heavy atom. The molecular weight excluding hydrogens is 354 g/mol. The molecule has 2 aromatic heterocycles. The Morgan fingerprint density at radius 3 is 2.75 bits per heavy atom. The molecule has 2 aromatic rings. The van der Waals surface area contributed by atoms with E-state index in [1.165, 1.54) is 0 Å². The van der Waals surface area contributed by atoms with E-state index in [1.54, 1.807) is 6.20 Å². The fourth-order valence-corrected chi connectivity index (χ4v) is 4.02. The molecule has 4 heterocycles. The molecule has 0 unspecified atom stereocenters. The van der Waals surface area contributed by atoms with Gasteiger partial charge in [0, 0.05) is 45.0 Å². The summed E-state index contributed by atoms with van der Waals surface area (Å²) < 4.78 is 6.20. The summed E-state index contributed by atoms with van der Waals surface area (Å²) in [5.74, 6) is 1.12. The second-order valence-electron chi connectivity index (χ2n) is 7.73. The molecule has 0 aliphatic carbocycles. The van der Waals surface area contributed by atoms with Crippen molar-refractivity contribution < 1.29 is 9.53 Å². The number of hydrogen-bond acceptors (Lipinski definition) is 6. The summed E-state index contributed by atoms with van der Waals surface area (Å²) in [6.45, 7) is 5.76. The number of likely N-dealkylation sites (tertiary alicyclic amines) is 1. The van der Waals surface area contributed by atoms with Crippen LogP contribution in [0, 0.1) is 6.92 Å². The van der Waals surface area contributed by atoms with Crippen LogP contribution >= 0.6 is 0 Å². The molecule has 0 aromatic carbocycles. The van der Waals surface area contributed by atoms with E-state index in [1.807, 2.05) is 42.3 Å². The monoisotopic (exact) mass is 381 g/mol. The second-order valence-corrected chi connectivity index (χ2v) is 7.73. The van der Waals surface area contributed by atoms with Gasteiger partial charge in [-0.1, -0.05) is 6.07 Å². The van der Waals surface area contributed by atoms with Crippen molar-refractivity contribution in [2.45, 2.75) is 38.2 Å². The van der Waals surface area contributed by atoms with Gasteiger partial charge in [-0.25, -0.2) is 0 Å². The van der Waals surface area contributed by atoms with Crippen molar-refractivity contribution in [2.75, 3.05) is 37.7 Å². The van der Waals surface area contributed by atoms with Crippen molar-refractivity contribution in [3.05, 3.63) is 47.9 Å². The van der Waals surface area contributed by atoms with Gasteiger partial charge in [0.1, 0.15) is 0 Å². The Hall–Kier alpha value is -2.54. The summed E-state index contributed by atoms with van der Waals surface area (Å²) in [4.78, 5) is 21.0. The predicted molar refractivity (Wildman–Crippen MR) is 106 cm³/mol. The molecule has 0 saturated carbocycles. The lowest BCUT2D eigenvalue weighted by Crippen LogP contribution is -2.57. The zero-order chi connectivity index (χ0) is 19.4. The highest BCUT2D eigenvalue weighted by atomic mass is 16.5. The molecule has 7 heteroatoms. The summed E-state index contributed by atoms with van der Waals surface area (Å²) in [5.41, 5.74) is 1.84. The molecule has 2 aliphatic heterocycles. The van der Waals surface area contributed by atoms with Crippen LogP contribution < -0.4 is 4.90 Å². The van der Waals surface area contributed by atoms with Gasteiger partial charge in [0.05, 0.1) is 17.9 Å². The molecule has 1 amide bonds. The van der Waals surface area contributed by atoms with E-state index in [0.29, 0.717) is 13.0 Å². The highest BCUT2D eigenvalue weighted by molar-refractivity contribution is 5.76. The number of amides is 1. The largest absolute Gasteiger partial charge is 0.371 e. The first-order chi connectivity index (χ1) is 13.6. The number of hydrogen-bond donors (Lipinski definition) is 0. The van der Waals surface area contributed by atoms with Gasteiger partial charge in [0.25, 0.3) is 0 Å². The number of aryl methyl sites for hydroxylation is 2. The highest BCUT2D eigenvalue weighted by Crippen LogP contribution is 2.32. The van der Waals surface area contributed by atoms with Gasteiger partial charge >= 0.3 is 0 Å². The Balaban J connectivity index is 1.31. The maximum absolute atomic E-state index is 12.6. The maximum atomic E-state index is 12.6. The molecule has 0 atom stereocenters. The van der Waals surface area contributed by atoms with Crippen molar-refractivity contribution in [3.8, 4) is 0 Å². The van der Waals surface area contributed by atoms with Crippen LogP contribution in [0.25, 0.3) is 0 Å². The zero-order valence-electron chi connectivity index (χ0n) is 16.4. The summed E-state index contributed by atoms with van der Waals surface area (Å²) in [6.07, 6.45) is 6.58. The molecule has 2 aliphatic rings. The van der Waals surface area contributed by atoms with E-state index in [-0.39, 0.29) is 11.5 Å². The third-order valence-corrected chi connectivity index (χ3v) is 5.73. The molecule has 7 nitrogen and oxygen atoms in total. The average Bonchev–Trinajstić information content (AvgIpc) is 2.74. The zero-order valence-corrected chi connectivity index (χ0v) is 16.4. The van der Waals surface area contributed by atoms with Gasteiger partial charge < -0.3 is 14.5 Å². The summed E-state index contributed by atoms with van der Waals surface area (Å²) in [5, 5.41) is 8.51. The Labute approximate surface area is 165 Å². The maximum Gasteiger partial charge on any atom is 0.222 e. The fourth-order valence-electron chi connectivity index (χ4n) is 4.02. The number of piperidine rings is 1. The predicted octanol–water partition coefficient (Wildman–Crippen LogP) is 2.01. The highest BCUT2D eigenvalue weighted by Gasteiger charge is 2.40. The average molecular weight is 381 g/mol. The number of carbonyl (C=O) groups excluding carboxylic acids is 1. The standard InChI is InChI=1S/C21H27N5O2/c1-17-4-6-19(24-23-17)26-13-14-28-21(16-26)8-11-25(12-9-21)20(27)7-5-18-3-2-10-22-15-18/h2-4,6,10,15H,5,7-9,11-14,16H2,1H3. The molecule has 148 valence electrons. The summed E-state index contributed by atoms with van der Waals surface area (Å²) in [7, 11) is 0. The van der Waals surface area contributed by atoms with Crippen molar-refractivity contribution in [1.82, 2.24) is 20.1 Å². The van der Waals surface area contributed by atoms with Crippen molar-refractivity contribution in [2.24, 2.45) is 0 Å². The van der Waals surface area contributed by atoms with Crippen LogP contribution in [-0.4, -0.2) is 64.4 Å². The van der Waals surface area contributed by atoms with Gasteiger partial charge in [-0.3, -0.25) is 9.78 Å². The molecule has 2 saturated heterocycles. The first kappa shape index (κ1) is 18.8. The summed E-state index contributed by atoms with van der Waals surface area (Å²) in [6, 6.07) is 7.95. The SMILES string of the molecule is Cc1ccc(N2CCOC3(CCN(C(=O)CCc4cccnc4)CC3)C2)nn1. The molecule has 2 fully saturated rings. The van der Waals surface area contributed by atoms with Gasteiger partial charge in [-0.05, 0) is 49.9 Å². The first-order valence-electron chi connectivity index (χ1n) is 10.00. The number of nitrogens with zero attached hydrogens (tertiary/aromatic N) is 5. The van der Waals surface area contributed by atoms with E-state index < -0.39 is 0 Å². The van der Waals surface area contributed by atoms with Crippen LogP contribution in [0.15, 0.2) is 36.7 Å². The van der Waals surface area contributed by atoms with E-state index in [0.717, 1.165) is 62.5 Å². The normalized spacial score (nSPS) is 19.0. The molecule has 0 bridgehead atoms. The number of pyridine rings is 1. The van der Waals surface area contributed by atoms with Crippen LogP contribution in [0.2, 0.25) is 0 Å². The number of rotatable bonds is 4. The molecule has 0 radical (unpaired) electrons. The minimum absolute atomic E-state index is 0.190. The van der Waals surface area contributed by atoms with E-state index >= 15 is 0 Å². The molecule has 28 heavy (non-hydrogen) atoms. The third-order valence-electron chi connectivity index (χ3n) is 5.73. The van der Waals surface area contributed by atoms with Crippen LogP contribution in [0.3, 0.4) is 0 Å². The van der Waals surface area contributed by atoms with Gasteiger partial charge in [0.2, 0.25) is 5.91 Å². The number of morpholine rings is 1. The third kappa shape index (κ3) is 4.30. The molecule has 1 spiro atoms. The lowest BCUT2D eigenvalue weighted by molar-refractivity contribution is -0.139. The lowest BCUT2D eigenvalue weighted by atomic mass is 9.89. The lowest BCUT2D eigenvalue weighted by Gasteiger charge is -2.47. The first-order valence-corrected chi connectivity index (χ1v) is 10.00. The molecule has 4 rings (SSSR count). The van der Waals surface area contributed by atoms with Crippen LogP contribution in [-0.2, 0) is 16.0 Å².